The van der Waals surface area contributed by atoms with Crippen molar-refractivity contribution in [2.45, 2.75) is 50.7 Å². The van der Waals surface area contributed by atoms with E-state index >= 15 is 0 Å². The number of carbonyl (C=O) groups is 2. The maximum atomic E-state index is 11.6. The largest absolute Gasteiger partial charge is 0.479 e. The highest BCUT2D eigenvalue weighted by molar-refractivity contribution is 5.82. The molecule has 0 spiro atoms. The van der Waals surface area contributed by atoms with Crippen molar-refractivity contribution in [2.24, 2.45) is 0 Å². The van der Waals surface area contributed by atoms with E-state index in [1.54, 1.807) is 0 Å². The van der Waals surface area contributed by atoms with Crippen LogP contribution in [-0.2, 0) is 9.59 Å². The van der Waals surface area contributed by atoms with E-state index in [9.17, 15) is 14.7 Å². The van der Waals surface area contributed by atoms with Crippen molar-refractivity contribution in [2.75, 3.05) is 13.1 Å². The molecule has 2 rings (SSSR count). The van der Waals surface area contributed by atoms with E-state index in [0.717, 1.165) is 12.8 Å². The molecule has 2 unspecified atom stereocenters. The average molecular weight is 240 g/mol. The van der Waals surface area contributed by atoms with Crippen LogP contribution in [0.15, 0.2) is 0 Å². The summed E-state index contributed by atoms with van der Waals surface area (Å²) in [5, 5.41) is 9.51. The van der Waals surface area contributed by atoms with Gasteiger partial charge in [-0.2, -0.15) is 0 Å². The number of likely N-dealkylation sites (tertiary alicyclic amines) is 1. The summed E-state index contributed by atoms with van der Waals surface area (Å²) in [4.78, 5) is 26.4. The van der Waals surface area contributed by atoms with Crippen molar-refractivity contribution in [3.8, 4) is 0 Å². The monoisotopic (exact) mass is 240 g/mol. The number of carboxylic acid groups (broad SMARTS) is 1. The van der Waals surface area contributed by atoms with Gasteiger partial charge in [-0.15, -0.1) is 0 Å². The third kappa shape index (κ3) is 1.92. The minimum absolute atomic E-state index is 0.243. The first-order chi connectivity index (χ1) is 8.05. The molecule has 1 aliphatic carbocycles. The molecule has 0 aromatic heterocycles. The number of carbonyl (C=O) groups excluding carboxylic acids is 1. The Morgan fingerprint density at radius 3 is 2.65 bits per heavy atom. The topological polar surface area (TPSA) is 60.9 Å². The van der Waals surface area contributed by atoms with Gasteiger partial charge in [0, 0.05) is 25.2 Å². The summed E-state index contributed by atoms with van der Waals surface area (Å²) in [6.45, 7) is 4.80. The molecule has 1 N–H and O–H groups in total. The van der Waals surface area contributed by atoms with Crippen LogP contribution in [0.5, 0.6) is 0 Å². The summed E-state index contributed by atoms with van der Waals surface area (Å²) >= 11 is 0. The maximum absolute atomic E-state index is 11.6. The zero-order valence-electron chi connectivity index (χ0n) is 10.4. The fraction of sp³-hybridized carbons (Fsp3) is 0.833. The second-order valence-corrected chi connectivity index (χ2v) is 5.18. The van der Waals surface area contributed by atoms with E-state index < -0.39 is 11.5 Å². The van der Waals surface area contributed by atoms with Gasteiger partial charge >= 0.3 is 5.97 Å². The van der Waals surface area contributed by atoms with Crippen LogP contribution in [-0.4, -0.2) is 58.0 Å². The third-order valence-electron chi connectivity index (χ3n) is 4.08. The molecule has 0 aromatic carbocycles. The van der Waals surface area contributed by atoms with Gasteiger partial charge in [0.1, 0.15) is 0 Å². The molecule has 1 saturated heterocycles. The standard InChI is InChI=1S/C12H20N2O3/c1-3-13(8-15)12(11(16)17)6-9(2)14(7-12)10-4-5-10/h8-10H,3-7H2,1-2H3,(H,16,17). The molecule has 1 aliphatic heterocycles. The Morgan fingerprint density at radius 2 is 2.24 bits per heavy atom. The molecule has 1 amide bonds. The lowest BCUT2D eigenvalue weighted by molar-refractivity contribution is -0.154. The van der Waals surface area contributed by atoms with Gasteiger partial charge in [0.05, 0.1) is 0 Å². The molecule has 2 fully saturated rings. The number of carboxylic acids is 1. The third-order valence-corrected chi connectivity index (χ3v) is 4.08. The van der Waals surface area contributed by atoms with E-state index in [1.165, 1.54) is 4.90 Å². The number of nitrogens with zero attached hydrogens (tertiary/aromatic N) is 2. The molecule has 5 nitrogen and oxygen atoms in total. The summed E-state index contributed by atoms with van der Waals surface area (Å²) < 4.78 is 0. The Balaban J connectivity index is 2.24. The summed E-state index contributed by atoms with van der Waals surface area (Å²) in [6, 6.07) is 0.782. The Hall–Kier alpha value is -1.10. The van der Waals surface area contributed by atoms with E-state index in [4.69, 9.17) is 0 Å². The van der Waals surface area contributed by atoms with E-state index in [-0.39, 0.29) is 6.04 Å². The molecule has 96 valence electrons. The smallest absolute Gasteiger partial charge is 0.331 e. The number of rotatable bonds is 5. The molecule has 5 heteroatoms. The molecular formula is C12H20N2O3. The van der Waals surface area contributed by atoms with Crippen LogP contribution in [0.25, 0.3) is 0 Å². The van der Waals surface area contributed by atoms with Gasteiger partial charge in [-0.25, -0.2) is 4.79 Å². The number of amides is 1. The van der Waals surface area contributed by atoms with E-state index in [2.05, 4.69) is 11.8 Å². The van der Waals surface area contributed by atoms with Crippen LogP contribution >= 0.6 is 0 Å². The Morgan fingerprint density at radius 1 is 1.59 bits per heavy atom. The molecule has 1 heterocycles. The predicted octanol–water partition coefficient (Wildman–Crippen LogP) is 0.545. The zero-order valence-corrected chi connectivity index (χ0v) is 10.4. The van der Waals surface area contributed by atoms with Crippen molar-refractivity contribution in [1.82, 2.24) is 9.80 Å². The summed E-state index contributed by atoms with van der Waals surface area (Å²) in [5.74, 6) is -0.874. The zero-order chi connectivity index (χ0) is 12.6. The molecule has 2 atom stereocenters. The van der Waals surface area contributed by atoms with Crippen molar-refractivity contribution in [1.29, 1.82) is 0 Å². The van der Waals surface area contributed by atoms with Crippen LogP contribution in [0.1, 0.15) is 33.1 Å². The molecule has 2 aliphatic rings. The highest BCUT2D eigenvalue weighted by Gasteiger charge is 2.54. The van der Waals surface area contributed by atoms with Gasteiger partial charge < -0.3 is 10.0 Å². The van der Waals surface area contributed by atoms with Gasteiger partial charge in [0.2, 0.25) is 6.41 Å². The Kier molecular flexibility index (Phi) is 3.12. The minimum atomic E-state index is -1.02. The lowest BCUT2D eigenvalue weighted by Crippen LogP contribution is -2.56. The summed E-state index contributed by atoms with van der Waals surface area (Å²) in [5.41, 5.74) is -1.02. The van der Waals surface area contributed by atoms with Crippen LogP contribution < -0.4 is 0 Å². The fourth-order valence-electron chi connectivity index (χ4n) is 2.99. The van der Waals surface area contributed by atoms with Crippen molar-refractivity contribution in [3.05, 3.63) is 0 Å². The van der Waals surface area contributed by atoms with E-state index in [0.29, 0.717) is 32.0 Å². The minimum Gasteiger partial charge on any atom is -0.479 e. The molecular weight excluding hydrogens is 220 g/mol. The lowest BCUT2D eigenvalue weighted by atomic mass is 9.94. The number of hydrogen-bond acceptors (Lipinski definition) is 3. The van der Waals surface area contributed by atoms with Gasteiger partial charge in [-0.1, -0.05) is 0 Å². The van der Waals surface area contributed by atoms with Gasteiger partial charge in [0.15, 0.2) is 5.54 Å². The molecule has 0 aromatic rings. The summed E-state index contributed by atoms with van der Waals surface area (Å²) in [6.07, 6.45) is 3.53. The Labute approximate surface area is 101 Å². The van der Waals surface area contributed by atoms with Crippen LogP contribution in [0.4, 0.5) is 0 Å². The number of hydrogen-bond donors (Lipinski definition) is 1. The van der Waals surface area contributed by atoms with Gasteiger partial charge in [-0.05, 0) is 33.1 Å². The molecule has 0 radical (unpaired) electrons. The predicted molar refractivity (Wildman–Crippen MR) is 62.6 cm³/mol. The first-order valence-corrected chi connectivity index (χ1v) is 6.26. The quantitative estimate of drug-likeness (QED) is 0.713. The highest BCUT2D eigenvalue weighted by Crippen LogP contribution is 2.39. The van der Waals surface area contributed by atoms with Crippen molar-refractivity contribution in [3.63, 3.8) is 0 Å². The second-order valence-electron chi connectivity index (χ2n) is 5.18. The molecule has 1 saturated carbocycles. The normalized spacial score (nSPS) is 33.6. The maximum Gasteiger partial charge on any atom is 0.331 e. The van der Waals surface area contributed by atoms with Crippen LogP contribution in [0.2, 0.25) is 0 Å². The average Bonchev–Trinajstić information content (AvgIpc) is 3.05. The second kappa shape index (κ2) is 4.29. The van der Waals surface area contributed by atoms with Crippen molar-refractivity contribution < 1.29 is 14.7 Å². The lowest BCUT2D eigenvalue weighted by Gasteiger charge is -2.34. The first-order valence-electron chi connectivity index (χ1n) is 6.26. The van der Waals surface area contributed by atoms with Crippen molar-refractivity contribution >= 4 is 12.4 Å². The molecule has 17 heavy (non-hydrogen) atoms. The number of likely N-dealkylation sites (N-methyl/N-ethyl adjacent to an activating group) is 1. The Bertz CT molecular complexity index is 330. The van der Waals surface area contributed by atoms with Gasteiger partial charge in [-0.3, -0.25) is 9.69 Å². The molecule has 0 bridgehead atoms. The first kappa shape index (κ1) is 12.4. The van der Waals surface area contributed by atoms with Crippen LogP contribution in [0, 0.1) is 0 Å². The SMILES string of the molecule is CCN(C=O)C1(C(=O)O)CC(C)N(C2CC2)C1. The summed E-state index contributed by atoms with van der Waals surface area (Å²) in [7, 11) is 0. The van der Waals surface area contributed by atoms with E-state index in [1.807, 2.05) is 6.92 Å². The van der Waals surface area contributed by atoms with Gasteiger partial charge in [0.25, 0.3) is 0 Å². The number of aliphatic carboxylic acids is 1. The van der Waals surface area contributed by atoms with Crippen LogP contribution in [0.3, 0.4) is 0 Å². The fourth-order valence-corrected chi connectivity index (χ4v) is 2.99. The highest BCUT2D eigenvalue weighted by atomic mass is 16.4.